The maximum absolute atomic E-state index is 13.1. The predicted octanol–water partition coefficient (Wildman–Crippen LogP) is 3.94. The van der Waals surface area contributed by atoms with Gasteiger partial charge in [-0.05, 0) is 54.6 Å². The van der Waals surface area contributed by atoms with Crippen LogP contribution in [0.4, 0.5) is 10.1 Å². The second-order valence-electron chi connectivity index (χ2n) is 7.15. The molecule has 0 saturated heterocycles. The Kier molecular flexibility index (Phi) is 6.40. The van der Waals surface area contributed by atoms with Gasteiger partial charge >= 0.3 is 0 Å². The molecule has 1 amide bonds. The van der Waals surface area contributed by atoms with Crippen LogP contribution in [0.2, 0.25) is 0 Å². The number of benzene rings is 3. The SMILES string of the molecule is COc1ccc(OC)c2c1sc(=NC(=O)c1cccc(NS(=O)(=O)c3ccc(F)cc3)c1)n2C. The molecule has 1 aromatic heterocycles. The van der Waals surface area contributed by atoms with Crippen molar-refractivity contribution in [2.45, 2.75) is 4.90 Å². The Bertz CT molecular complexity index is 1560. The summed E-state index contributed by atoms with van der Waals surface area (Å²) in [5, 5.41) is 0. The average Bonchev–Trinajstić information content (AvgIpc) is 3.14. The Morgan fingerprint density at radius 2 is 1.71 bits per heavy atom. The van der Waals surface area contributed by atoms with Crippen molar-refractivity contribution in [3.05, 3.63) is 76.8 Å². The van der Waals surface area contributed by atoms with E-state index in [2.05, 4.69) is 9.71 Å². The van der Waals surface area contributed by atoms with Gasteiger partial charge in [0.15, 0.2) is 4.80 Å². The number of aromatic nitrogens is 1. The van der Waals surface area contributed by atoms with Crippen molar-refractivity contribution in [2.75, 3.05) is 18.9 Å². The van der Waals surface area contributed by atoms with Crippen molar-refractivity contribution >= 4 is 43.2 Å². The Labute approximate surface area is 199 Å². The zero-order chi connectivity index (χ0) is 24.5. The number of nitrogens with zero attached hydrogens (tertiary/aromatic N) is 2. The highest BCUT2D eigenvalue weighted by atomic mass is 32.2. The number of carbonyl (C=O) groups excluding carboxylic acids is 1. The first-order valence-electron chi connectivity index (χ1n) is 9.91. The fraction of sp³-hybridized carbons (Fsp3) is 0.130. The minimum atomic E-state index is -3.96. The van der Waals surface area contributed by atoms with Crippen LogP contribution in [-0.4, -0.2) is 33.1 Å². The van der Waals surface area contributed by atoms with E-state index in [1.165, 1.54) is 29.5 Å². The summed E-state index contributed by atoms with van der Waals surface area (Å²) in [7, 11) is 0.917. The van der Waals surface area contributed by atoms with Gasteiger partial charge in [0.1, 0.15) is 27.5 Å². The lowest BCUT2D eigenvalue weighted by Crippen LogP contribution is -2.15. The van der Waals surface area contributed by atoms with Gasteiger partial charge in [0.25, 0.3) is 15.9 Å². The molecule has 3 aromatic carbocycles. The van der Waals surface area contributed by atoms with Gasteiger partial charge in [-0.2, -0.15) is 4.99 Å². The second kappa shape index (κ2) is 9.27. The number of methoxy groups -OCH3 is 2. The summed E-state index contributed by atoms with van der Waals surface area (Å²) in [6, 6.07) is 14.0. The fourth-order valence-electron chi connectivity index (χ4n) is 3.32. The molecule has 0 fully saturated rings. The van der Waals surface area contributed by atoms with Crippen molar-refractivity contribution in [3.8, 4) is 11.5 Å². The lowest BCUT2D eigenvalue weighted by molar-refractivity contribution is 0.0998. The molecule has 4 aromatic rings. The van der Waals surface area contributed by atoms with Crippen LogP contribution in [0.3, 0.4) is 0 Å². The van der Waals surface area contributed by atoms with Crippen LogP contribution in [0, 0.1) is 5.82 Å². The zero-order valence-corrected chi connectivity index (χ0v) is 20.0. The van der Waals surface area contributed by atoms with E-state index in [1.807, 2.05) is 0 Å². The van der Waals surface area contributed by atoms with Gasteiger partial charge in [-0.15, -0.1) is 0 Å². The molecule has 0 unspecified atom stereocenters. The predicted molar refractivity (Wildman–Crippen MR) is 127 cm³/mol. The Balaban J connectivity index is 1.69. The minimum Gasteiger partial charge on any atom is -0.495 e. The maximum atomic E-state index is 13.1. The number of ether oxygens (including phenoxy) is 2. The number of nitrogens with one attached hydrogen (secondary N) is 1. The first-order valence-corrected chi connectivity index (χ1v) is 12.2. The number of anilines is 1. The number of halogens is 1. The molecular formula is C23H20FN3O5S2. The van der Waals surface area contributed by atoms with E-state index in [9.17, 15) is 17.6 Å². The molecule has 11 heteroatoms. The third kappa shape index (κ3) is 4.52. The van der Waals surface area contributed by atoms with Crippen LogP contribution in [0.5, 0.6) is 11.5 Å². The normalized spacial score (nSPS) is 12.1. The van der Waals surface area contributed by atoms with Crippen molar-refractivity contribution in [1.82, 2.24) is 4.57 Å². The van der Waals surface area contributed by atoms with E-state index in [1.54, 1.807) is 44.0 Å². The summed E-state index contributed by atoms with van der Waals surface area (Å²) in [5.41, 5.74) is 1.10. The number of aryl methyl sites for hydroxylation is 1. The summed E-state index contributed by atoms with van der Waals surface area (Å²) < 4.78 is 54.1. The van der Waals surface area contributed by atoms with Crippen LogP contribution in [-0.2, 0) is 17.1 Å². The summed E-state index contributed by atoms with van der Waals surface area (Å²) in [5.74, 6) is 0.142. The molecule has 0 atom stereocenters. The lowest BCUT2D eigenvalue weighted by atomic mass is 10.2. The Hall–Kier alpha value is -3.70. The zero-order valence-electron chi connectivity index (χ0n) is 18.4. The van der Waals surface area contributed by atoms with Gasteiger partial charge in [-0.25, -0.2) is 12.8 Å². The molecule has 176 valence electrons. The average molecular weight is 502 g/mol. The lowest BCUT2D eigenvalue weighted by Gasteiger charge is -2.08. The highest BCUT2D eigenvalue weighted by molar-refractivity contribution is 7.92. The monoisotopic (exact) mass is 501 g/mol. The quantitative estimate of drug-likeness (QED) is 0.432. The molecule has 0 aliphatic heterocycles. The van der Waals surface area contributed by atoms with Gasteiger partial charge in [-0.3, -0.25) is 9.52 Å². The first kappa shape index (κ1) is 23.5. The van der Waals surface area contributed by atoms with Gasteiger partial charge < -0.3 is 14.0 Å². The second-order valence-corrected chi connectivity index (χ2v) is 9.81. The van der Waals surface area contributed by atoms with Crippen molar-refractivity contribution in [2.24, 2.45) is 12.0 Å². The summed E-state index contributed by atoms with van der Waals surface area (Å²) in [4.78, 5) is 17.5. The van der Waals surface area contributed by atoms with Crippen molar-refractivity contribution in [1.29, 1.82) is 0 Å². The highest BCUT2D eigenvalue weighted by Crippen LogP contribution is 2.34. The summed E-state index contributed by atoms with van der Waals surface area (Å²) in [6.07, 6.45) is 0. The molecule has 0 saturated carbocycles. The van der Waals surface area contributed by atoms with Gasteiger partial charge in [0.2, 0.25) is 0 Å². The number of rotatable bonds is 6. The topological polar surface area (TPSA) is 99.0 Å². The number of hydrogen-bond donors (Lipinski definition) is 1. The van der Waals surface area contributed by atoms with E-state index in [0.29, 0.717) is 16.3 Å². The van der Waals surface area contributed by atoms with Crippen LogP contribution in [0.25, 0.3) is 10.2 Å². The highest BCUT2D eigenvalue weighted by Gasteiger charge is 2.17. The van der Waals surface area contributed by atoms with E-state index < -0.39 is 21.7 Å². The van der Waals surface area contributed by atoms with Gasteiger partial charge in [0.05, 0.1) is 19.1 Å². The van der Waals surface area contributed by atoms with Crippen LogP contribution >= 0.6 is 11.3 Å². The minimum absolute atomic E-state index is 0.101. The van der Waals surface area contributed by atoms with Crippen molar-refractivity contribution < 1.29 is 27.1 Å². The maximum Gasteiger partial charge on any atom is 0.279 e. The number of fused-ring (bicyclic) bond motifs is 1. The Morgan fingerprint density at radius 3 is 2.38 bits per heavy atom. The fourth-order valence-corrected chi connectivity index (χ4v) is 5.50. The van der Waals surface area contributed by atoms with Gasteiger partial charge in [-0.1, -0.05) is 17.4 Å². The summed E-state index contributed by atoms with van der Waals surface area (Å²) in [6.45, 7) is 0. The molecule has 1 N–H and O–H groups in total. The van der Waals surface area contributed by atoms with E-state index in [-0.39, 0.29) is 16.1 Å². The molecule has 0 bridgehead atoms. The van der Waals surface area contributed by atoms with E-state index in [4.69, 9.17) is 9.47 Å². The molecule has 34 heavy (non-hydrogen) atoms. The molecule has 8 nitrogen and oxygen atoms in total. The number of thiazole rings is 1. The number of hydrogen-bond acceptors (Lipinski definition) is 6. The number of carbonyl (C=O) groups is 1. The molecule has 0 aliphatic rings. The molecule has 4 rings (SSSR count). The molecule has 0 spiro atoms. The Morgan fingerprint density at radius 1 is 1.03 bits per heavy atom. The first-order chi connectivity index (χ1) is 16.2. The summed E-state index contributed by atoms with van der Waals surface area (Å²) >= 11 is 1.27. The van der Waals surface area contributed by atoms with Crippen molar-refractivity contribution in [3.63, 3.8) is 0 Å². The molecule has 0 aliphatic carbocycles. The van der Waals surface area contributed by atoms with E-state index >= 15 is 0 Å². The van der Waals surface area contributed by atoms with Crippen LogP contribution < -0.4 is 19.0 Å². The third-order valence-corrected chi connectivity index (χ3v) is 7.54. The van der Waals surface area contributed by atoms with Crippen LogP contribution in [0.1, 0.15) is 10.4 Å². The molecular weight excluding hydrogens is 481 g/mol. The standard InChI is InChI=1S/C23H20FN3O5S2/c1-27-20-18(31-2)11-12-19(32-3)21(20)33-23(27)25-22(28)14-5-4-6-16(13-14)26-34(29,30)17-9-7-15(24)8-10-17/h4-13,26H,1-3H3. The third-order valence-electron chi connectivity index (χ3n) is 5.00. The molecule has 1 heterocycles. The number of sulfonamides is 1. The van der Waals surface area contributed by atoms with Gasteiger partial charge in [0, 0.05) is 18.3 Å². The van der Waals surface area contributed by atoms with E-state index in [0.717, 1.165) is 34.5 Å². The molecule has 0 radical (unpaired) electrons. The smallest absolute Gasteiger partial charge is 0.279 e. The largest absolute Gasteiger partial charge is 0.495 e. The number of amides is 1. The van der Waals surface area contributed by atoms with Crippen LogP contribution in [0.15, 0.2) is 70.6 Å².